The van der Waals surface area contributed by atoms with E-state index in [2.05, 4.69) is 25.6 Å². The minimum Gasteiger partial charge on any atom is -0.311 e. The first-order valence-electron chi connectivity index (χ1n) is 5.50. The minimum atomic E-state index is 0.111. The van der Waals surface area contributed by atoms with Gasteiger partial charge < -0.3 is 5.32 Å². The van der Waals surface area contributed by atoms with Crippen LogP contribution < -0.4 is 5.32 Å². The summed E-state index contributed by atoms with van der Waals surface area (Å²) in [6, 6.07) is 0.111. The van der Waals surface area contributed by atoms with E-state index in [-0.39, 0.29) is 6.04 Å². The van der Waals surface area contributed by atoms with E-state index in [1.807, 2.05) is 27.2 Å². The molecule has 0 aliphatic rings. The molecule has 0 radical (unpaired) electrons. The molecule has 2 rings (SSSR count). The van der Waals surface area contributed by atoms with E-state index in [0.717, 1.165) is 23.5 Å². The number of hydrogen-bond acceptors (Lipinski definition) is 5. The molecular weight excluding hydrogens is 216 g/mol. The lowest BCUT2D eigenvalue weighted by molar-refractivity contribution is 0.565. The monoisotopic (exact) mass is 232 g/mol. The summed E-state index contributed by atoms with van der Waals surface area (Å²) in [7, 11) is 3.76. The molecule has 0 spiro atoms. The number of likely N-dealkylation sites (N-methyl/N-ethyl adjacent to an activating group) is 1. The fraction of sp³-hybridized carbons (Fsp3) is 0.455. The van der Waals surface area contributed by atoms with Crippen LogP contribution in [0.4, 0.5) is 0 Å². The molecule has 1 N–H and O–H groups in total. The lowest BCUT2D eigenvalue weighted by Crippen LogP contribution is -2.20. The van der Waals surface area contributed by atoms with Crippen LogP contribution in [0.1, 0.15) is 23.1 Å². The molecule has 0 aromatic carbocycles. The van der Waals surface area contributed by atoms with Crippen LogP contribution in [0, 0.1) is 6.92 Å². The SMILES string of the molecule is CNC(Cc1cn(C)nn1)c1cnc(C)cn1. The number of nitrogens with one attached hydrogen (secondary N) is 1. The third-order valence-corrected chi connectivity index (χ3v) is 2.57. The average Bonchev–Trinajstić information content (AvgIpc) is 2.73. The molecule has 6 nitrogen and oxygen atoms in total. The smallest absolute Gasteiger partial charge is 0.0846 e. The number of rotatable bonds is 4. The van der Waals surface area contributed by atoms with E-state index in [1.165, 1.54) is 0 Å². The average molecular weight is 232 g/mol. The molecule has 17 heavy (non-hydrogen) atoms. The van der Waals surface area contributed by atoms with Gasteiger partial charge in [-0.1, -0.05) is 5.21 Å². The molecule has 2 aromatic rings. The fourth-order valence-corrected chi connectivity index (χ4v) is 1.63. The molecule has 1 atom stereocenters. The molecule has 90 valence electrons. The van der Waals surface area contributed by atoms with Crippen molar-refractivity contribution in [3.63, 3.8) is 0 Å². The van der Waals surface area contributed by atoms with Crippen LogP contribution in [-0.4, -0.2) is 32.0 Å². The van der Waals surface area contributed by atoms with Gasteiger partial charge in [-0.2, -0.15) is 0 Å². The van der Waals surface area contributed by atoms with Crippen LogP contribution in [0.2, 0.25) is 0 Å². The van der Waals surface area contributed by atoms with Crippen LogP contribution in [0.25, 0.3) is 0 Å². The van der Waals surface area contributed by atoms with Crippen LogP contribution in [0.3, 0.4) is 0 Å². The summed E-state index contributed by atoms with van der Waals surface area (Å²) < 4.78 is 1.70. The zero-order valence-electron chi connectivity index (χ0n) is 10.3. The lowest BCUT2D eigenvalue weighted by atomic mass is 10.1. The first-order chi connectivity index (χ1) is 8.19. The van der Waals surface area contributed by atoms with Crippen molar-refractivity contribution < 1.29 is 0 Å². The topological polar surface area (TPSA) is 68.5 Å². The van der Waals surface area contributed by atoms with Gasteiger partial charge in [0.25, 0.3) is 0 Å². The second-order valence-corrected chi connectivity index (χ2v) is 4.01. The number of nitrogens with zero attached hydrogens (tertiary/aromatic N) is 5. The van der Waals surface area contributed by atoms with Crippen molar-refractivity contribution in [2.45, 2.75) is 19.4 Å². The highest BCUT2D eigenvalue weighted by atomic mass is 15.4. The van der Waals surface area contributed by atoms with Gasteiger partial charge in [0.1, 0.15) is 0 Å². The zero-order chi connectivity index (χ0) is 12.3. The van der Waals surface area contributed by atoms with Gasteiger partial charge in [-0.15, -0.1) is 5.10 Å². The summed E-state index contributed by atoms with van der Waals surface area (Å²) >= 11 is 0. The molecule has 0 aliphatic carbocycles. The standard InChI is InChI=1S/C11H16N6/c1-8-5-14-11(6-13-8)10(12-2)4-9-7-17(3)16-15-9/h5-7,10,12H,4H2,1-3H3. The Bertz CT molecular complexity index is 475. The van der Waals surface area contributed by atoms with Crippen molar-refractivity contribution >= 4 is 0 Å². The summed E-state index contributed by atoms with van der Waals surface area (Å²) in [5.41, 5.74) is 2.78. The molecule has 2 aromatic heterocycles. The van der Waals surface area contributed by atoms with Gasteiger partial charge in [0.15, 0.2) is 0 Å². The van der Waals surface area contributed by atoms with Gasteiger partial charge in [-0.3, -0.25) is 14.6 Å². The third-order valence-electron chi connectivity index (χ3n) is 2.57. The van der Waals surface area contributed by atoms with Gasteiger partial charge in [0, 0.05) is 25.9 Å². The molecule has 0 amide bonds. The predicted octanol–water partition coefficient (Wildman–Crippen LogP) is 0.417. The van der Waals surface area contributed by atoms with E-state index in [0.29, 0.717) is 0 Å². The van der Waals surface area contributed by atoms with E-state index in [1.54, 1.807) is 17.1 Å². The Labute approximate surface area is 100 Å². The number of hydrogen-bond donors (Lipinski definition) is 1. The molecule has 0 bridgehead atoms. The Morgan fingerprint density at radius 1 is 1.35 bits per heavy atom. The predicted molar refractivity (Wildman–Crippen MR) is 63.3 cm³/mol. The van der Waals surface area contributed by atoms with Crippen molar-refractivity contribution in [2.24, 2.45) is 7.05 Å². The van der Waals surface area contributed by atoms with E-state index in [4.69, 9.17) is 0 Å². The molecule has 0 fully saturated rings. The van der Waals surface area contributed by atoms with Gasteiger partial charge >= 0.3 is 0 Å². The quantitative estimate of drug-likeness (QED) is 0.827. The maximum absolute atomic E-state index is 4.37. The van der Waals surface area contributed by atoms with Crippen molar-refractivity contribution in [1.82, 2.24) is 30.3 Å². The van der Waals surface area contributed by atoms with E-state index in [9.17, 15) is 0 Å². The van der Waals surface area contributed by atoms with Gasteiger partial charge in [-0.05, 0) is 14.0 Å². The second-order valence-electron chi connectivity index (χ2n) is 4.01. The maximum Gasteiger partial charge on any atom is 0.0846 e. The van der Waals surface area contributed by atoms with Crippen LogP contribution >= 0.6 is 0 Å². The highest BCUT2D eigenvalue weighted by molar-refractivity contribution is 5.09. The summed E-state index contributed by atoms with van der Waals surface area (Å²) in [5.74, 6) is 0. The summed E-state index contributed by atoms with van der Waals surface area (Å²) in [6.45, 7) is 1.92. The molecule has 6 heteroatoms. The Hall–Kier alpha value is -1.82. The Balaban J connectivity index is 2.13. The Morgan fingerprint density at radius 3 is 2.71 bits per heavy atom. The first kappa shape index (κ1) is 11.7. The van der Waals surface area contributed by atoms with Crippen molar-refractivity contribution in [1.29, 1.82) is 0 Å². The Morgan fingerprint density at radius 2 is 2.18 bits per heavy atom. The van der Waals surface area contributed by atoms with Gasteiger partial charge in [0.05, 0.1) is 29.3 Å². The zero-order valence-corrected chi connectivity index (χ0v) is 10.3. The second kappa shape index (κ2) is 5.01. The van der Waals surface area contributed by atoms with Crippen molar-refractivity contribution in [2.75, 3.05) is 7.05 Å². The first-order valence-corrected chi connectivity index (χ1v) is 5.50. The molecule has 0 aliphatic heterocycles. The summed E-state index contributed by atoms with van der Waals surface area (Å²) in [4.78, 5) is 8.62. The maximum atomic E-state index is 4.37. The lowest BCUT2D eigenvalue weighted by Gasteiger charge is -2.13. The Kier molecular flexibility index (Phi) is 3.43. The van der Waals surface area contributed by atoms with E-state index < -0.39 is 0 Å². The van der Waals surface area contributed by atoms with Crippen LogP contribution in [0.15, 0.2) is 18.6 Å². The molecular formula is C11H16N6. The van der Waals surface area contributed by atoms with E-state index >= 15 is 0 Å². The molecule has 0 saturated carbocycles. The minimum absolute atomic E-state index is 0.111. The van der Waals surface area contributed by atoms with Crippen molar-refractivity contribution in [3.8, 4) is 0 Å². The third kappa shape index (κ3) is 2.85. The largest absolute Gasteiger partial charge is 0.311 e. The van der Waals surface area contributed by atoms with Crippen molar-refractivity contribution in [3.05, 3.63) is 35.7 Å². The normalized spacial score (nSPS) is 12.6. The molecule has 0 saturated heterocycles. The number of aryl methyl sites for hydroxylation is 2. The van der Waals surface area contributed by atoms with Gasteiger partial charge in [0.2, 0.25) is 0 Å². The molecule has 2 heterocycles. The fourth-order valence-electron chi connectivity index (χ4n) is 1.63. The summed E-state index contributed by atoms with van der Waals surface area (Å²) in [5, 5.41) is 11.2. The van der Waals surface area contributed by atoms with Crippen LogP contribution in [-0.2, 0) is 13.5 Å². The summed E-state index contributed by atoms with van der Waals surface area (Å²) in [6.07, 6.45) is 6.23. The van der Waals surface area contributed by atoms with Crippen LogP contribution in [0.5, 0.6) is 0 Å². The van der Waals surface area contributed by atoms with Gasteiger partial charge in [-0.25, -0.2) is 0 Å². The highest BCUT2D eigenvalue weighted by Crippen LogP contribution is 2.13. The highest BCUT2D eigenvalue weighted by Gasteiger charge is 2.13. The molecule has 1 unspecified atom stereocenters. The number of aromatic nitrogens is 5.